The third-order valence-corrected chi connectivity index (χ3v) is 4.22. The molecule has 1 aromatic carbocycles. The summed E-state index contributed by atoms with van der Waals surface area (Å²) >= 11 is 0. The van der Waals surface area contributed by atoms with E-state index in [4.69, 9.17) is 10.5 Å². The number of methoxy groups -OCH3 is 1. The first-order valence-corrected chi connectivity index (χ1v) is 7.02. The number of ether oxygens (including phenoxy) is 1. The number of guanidine groups is 1. The summed E-state index contributed by atoms with van der Waals surface area (Å²) in [7, 11) is 1.70. The Morgan fingerprint density at radius 3 is 2.84 bits per heavy atom. The molecule has 1 aromatic rings. The van der Waals surface area contributed by atoms with E-state index in [1.54, 1.807) is 7.11 Å². The van der Waals surface area contributed by atoms with E-state index in [0.29, 0.717) is 12.0 Å². The van der Waals surface area contributed by atoms with Crippen LogP contribution in [0.5, 0.6) is 5.75 Å². The van der Waals surface area contributed by atoms with Gasteiger partial charge in [0.05, 0.1) is 19.7 Å². The second-order valence-corrected chi connectivity index (χ2v) is 5.34. The van der Waals surface area contributed by atoms with Gasteiger partial charge in [-0.25, -0.2) is 0 Å². The molecular formula is C15H21N3O. The van der Waals surface area contributed by atoms with Crippen LogP contribution in [0.1, 0.15) is 37.3 Å². The summed E-state index contributed by atoms with van der Waals surface area (Å²) in [6.07, 6.45) is 5.08. The molecule has 1 aliphatic carbocycles. The van der Waals surface area contributed by atoms with E-state index >= 15 is 0 Å². The lowest BCUT2D eigenvalue weighted by Gasteiger charge is -2.32. The van der Waals surface area contributed by atoms with E-state index in [1.165, 1.54) is 31.2 Å². The highest BCUT2D eigenvalue weighted by atomic mass is 16.5. The molecule has 1 saturated carbocycles. The van der Waals surface area contributed by atoms with Gasteiger partial charge in [0.1, 0.15) is 5.75 Å². The molecule has 1 fully saturated rings. The Kier molecular flexibility index (Phi) is 3.32. The Balaban J connectivity index is 1.86. The summed E-state index contributed by atoms with van der Waals surface area (Å²) in [5, 5.41) is 0. The fourth-order valence-electron chi connectivity index (χ4n) is 3.25. The predicted molar refractivity (Wildman–Crippen MR) is 76.3 cm³/mol. The normalized spacial score (nSPS) is 23.7. The highest BCUT2D eigenvalue weighted by Gasteiger charge is 2.34. The average molecular weight is 259 g/mol. The SMILES string of the molecule is COc1cccc(C2CN=C(N)N2C2CCCC2)c1. The Labute approximate surface area is 114 Å². The first kappa shape index (κ1) is 12.3. The number of hydrogen-bond donors (Lipinski definition) is 1. The van der Waals surface area contributed by atoms with Crippen LogP contribution in [0, 0.1) is 0 Å². The highest BCUT2D eigenvalue weighted by molar-refractivity contribution is 5.80. The van der Waals surface area contributed by atoms with Crippen molar-refractivity contribution in [1.82, 2.24) is 4.90 Å². The monoisotopic (exact) mass is 259 g/mol. The molecule has 4 heteroatoms. The van der Waals surface area contributed by atoms with Gasteiger partial charge in [-0.15, -0.1) is 0 Å². The zero-order chi connectivity index (χ0) is 13.2. The van der Waals surface area contributed by atoms with Gasteiger partial charge in [0.2, 0.25) is 0 Å². The van der Waals surface area contributed by atoms with Crippen molar-refractivity contribution in [2.24, 2.45) is 10.7 Å². The maximum absolute atomic E-state index is 6.10. The van der Waals surface area contributed by atoms with Gasteiger partial charge in [0, 0.05) is 6.04 Å². The van der Waals surface area contributed by atoms with E-state index in [1.807, 2.05) is 12.1 Å². The number of nitrogens with zero attached hydrogens (tertiary/aromatic N) is 2. The molecule has 1 atom stereocenters. The largest absolute Gasteiger partial charge is 0.497 e. The van der Waals surface area contributed by atoms with Gasteiger partial charge in [-0.05, 0) is 30.5 Å². The number of benzene rings is 1. The summed E-state index contributed by atoms with van der Waals surface area (Å²) in [5.41, 5.74) is 7.35. The molecule has 0 saturated heterocycles. The third-order valence-electron chi connectivity index (χ3n) is 4.22. The summed E-state index contributed by atoms with van der Waals surface area (Å²) in [5.74, 6) is 1.61. The van der Waals surface area contributed by atoms with Gasteiger partial charge >= 0.3 is 0 Å². The first-order valence-electron chi connectivity index (χ1n) is 7.02. The lowest BCUT2D eigenvalue weighted by atomic mass is 10.0. The van der Waals surface area contributed by atoms with Crippen LogP contribution < -0.4 is 10.5 Å². The van der Waals surface area contributed by atoms with Crippen LogP contribution in [0.3, 0.4) is 0 Å². The lowest BCUT2D eigenvalue weighted by Crippen LogP contribution is -2.42. The standard InChI is InChI=1S/C15H21N3O/c1-19-13-8-4-5-11(9-13)14-10-17-15(16)18(14)12-6-2-3-7-12/h4-5,8-9,12,14H,2-3,6-7,10H2,1H3,(H2,16,17). The minimum Gasteiger partial charge on any atom is -0.497 e. The van der Waals surface area contributed by atoms with E-state index in [9.17, 15) is 0 Å². The number of nitrogens with two attached hydrogens (primary N) is 1. The quantitative estimate of drug-likeness (QED) is 0.906. The minimum atomic E-state index is 0.276. The van der Waals surface area contributed by atoms with E-state index in [-0.39, 0.29) is 6.04 Å². The molecule has 4 nitrogen and oxygen atoms in total. The maximum atomic E-state index is 6.10. The molecule has 2 N–H and O–H groups in total. The van der Waals surface area contributed by atoms with Crippen molar-refractivity contribution in [3.8, 4) is 5.75 Å². The van der Waals surface area contributed by atoms with Gasteiger partial charge in [-0.1, -0.05) is 25.0 Å². The predicted octanol–water partition coefficient (Wildman–Crippen LogP) is 2.31. The van der Waals surface area contributed by atoms with Crippen molar-refractivity contribution in [2.45, 2.75) is 37.8 Å². The molecule has 0 aromatic heterocycles. The Morgan fingerprint density at radius 1 is 1.32 bits per heavy atom. The van der Waals surface area contributed by atoms with Gasteiger partial charge in [0.15, 0.2) is 5.96 Å². The van der Waals surface area contributed by atoms with Crippen molar-refractivity contribution >= 4 is 5.96 Å². The zero-order valence-corrected chi connectivity index (χ0v) is 11.4. The molecule has 1 aliphatic heterocycles. The molecular weight excluding hydrogens is 238 g/mol. The molecule has 1 heterocycles. The molecule has 102 valence electrons. The number of rotatable bonds is 3. The third kappa shape index (κ3) is 2.27. The van der Waals surface area contributed by atoms with E-state index < -0.39 is 0 Å². The Morgan fingerprint density at radius 2 is 2.11 bits per heavy atom. The zero-order valence-electron chi connectivity index (χ0n) is 11.4. The summed E-state index contributed by atoms with van der Waals surface area (Å²) in [6, 6.07) is 9.09. The Hall–Kier alpha value is -1.71. The van der Waals surface area contributed by atoms with Gasteiger partial charge in [-0.3, -0.25) is 4.99 Å². The molecule has 3 rings (SSSR count). The van der Waals surface area contributed by atoms with Crippen LogP contribution in [0.25, 0.3) is 0 Å². The van der Waals surface area contributed by atoms with Crippen molar-refractivity contribution in [1.29, 1.82) is 0 Å². The van der Waals surface area contributed by atoms with Crippen LogP contribution in [-0.2, 0) is 0 Å². The fourth-order valence-corrected chi connectivity index (χ4v) is 3.25. The molecule has 0 bridgehead atoms. The van der Waals surface area contributed by atoms with Gasteiger partial charge < -0.3 is 15.4 Å². The minimum absolute atomic E-state index is 0.276. The smallest absolute Gasteiger partial charge is 0.192 e. The van der Waals surface area contributed by atoms with Crippen LogP contribution in [-0.4, -0.2) is 30.6 Å². The van der Waals surface area contributed by atoms with E-state index in [0.717, 1.165) is 12.3 Å². The topological polar surface area (TPSA) is 50.9 Å². The van der Waals surface area contributed by atoms with Crippen molar-refractivity contribution in [2.75, 3.05) is 13.7 Å². The molecule has 0 amide bonds. The fraction of sp³-hybridized carbons (Fsp3) is 0.533. The molecule has 0 radical (unpaired) electrons. The van der Waals surface area contributed by atoms with Crippen LogP contribution in [0.2, 0.25) is 0 Å². The van der Waals surface area contributed by atoms with Crippen molar-refractivity contribution in [3.05, 3.63) is 29.8 Å². The maximum Gasteiger partial charge on any atom is 0.192 e. The lowest BCUT2D eigenvalue weighted by molar-refractivity contribution is 0.261. The number of aliphatic imine (C=N–C) groups is 1. The molecule has 0 spiro atoms. The molecule has 1 unspecified atom stereocenters. The molecule has 19 heavy (non-hydrogen) atoms. The second kappa shape index (κ2) is 5.11. The van der Waals surface area contributed by atoms with Crippen LogP contribution >= 0.6 is 0 Å². The van der Waals surface area contributed by atoms with Crippen molar-refractivity contribution < 1.29 is 4.74 Å². The summed E-state index contributed by atoms with van der Waals surface area (Å²) < 4.78 is 5.31. The highest BCUT2D eigenvalue weighted by Crippen LogP contribution is 2.34. The van der Waals surface area contributed by atoms with Crippen LogP contribution in [0.15, 0.2) is 29.3 Å². The summed E-state index contributed by atoms with van der Waals surface area (Å²) in [6.45, 7) is 0.759. The van der Waals surface area contributed by atoms with Gasteiger partial charge in [0.25, 0.3) is 0 Å². The van der Waals surface area contributed by atoms with E-state index in [2.05, 4.69) is 22.0 Å². The second-order valence-electron chi connectivity index (χ2n) is 5.34. The van der Waals surface area contributed by atoms with Crippen LogP contribution in [0.4, 0.5) is 0 Å². The summed E-state index contributed by atoms with van der Waals surface area (Å²) in [4.78, 5) is 6.78. The van der Waals surface area contributed by atoms with Crippen molar-refractivity contribution in [3.63, 3.8) is 0 Å². The van der Waals surface area contributed by atoms with Gasteiger partial charge in [-0.2, -0.15) is 0 Å². The molecule has 2 aliphatic rings. The Bertz CT molecular complexity index is 480. The first-order chi connectivity index (χ1) is 9.29. The number of hydrogen-bond acceptors (Lipinski definition) is 4. The average Bonchev–Trinajstić information content (AvgIpc) is 3.07.